The van der Waals surface area contributed by atoms with E-state index in [-0.39, 0.29) is 31.4 Å². The number of halogens is 2. The van der Waals surface area contributed by atoms with Gasteiger partial charge in [0.1, 0.15) is 36.7 Å². The van der Waals surface area contributed by atoms with Gasteiger partial charge in [-0.25, -0.2) is 18.4 Å². The highest BCUT2D eigenvalue weighted by atomic mass is 19.1. The van der Waals surface area contributed by atoms with Crippen molar-refractivity contribution in [3.63, 3.8) is 0 Å². The second-order valence-electron chi connectivity index (χ2n) is 7.25. The first-order valence-electron chi connectivity index (χ1n) is 10.5. The standard InChI is InChI=1S/C25H27F2NO6/c1-3-14-33-23(30)6-4-5-17(2)24(18-7-10-20(11-8-18)32-15-13-29)34-25(31)28-22-12-9-19(26)16-21(22)27/h3-4,6-12,16-17,24,29H,1,5,13-15H2,2H3,(H,28,31)/b6-4+/t17-,24-/m1/s1. The van der Waals surface area contributed by atoms with E-state index < -0.39 is 29.8 Å². The van der Waals surface area contributed by atoms with Gasteiger partial charge in [-0.1, -0.05) is 37.8 Å². The van der Waals surface area contributed by atoms with Crippen molar-refractivity contribution in [3.05, 3.63) is 84.5 Å². The highest BCUT2D eigenvalue weighted by molar-refractivity contribution is 5.85. The van der Waals surface area contributed by atoms with Crippen molar-refractivity contribution in [2.75, 3.05) is 25.1 Å². The lowest BCUT2D eigenvalue weighted by Crippen LogP contribution is -2.22. The van der Waals surface area contributed by atoms with Gasteiger partial charge in [-0.3, -0.25) is 5.32 Å². The highest BCUT2D eigenvalue weighted by Gasteiger charge is 2.24. The molecule has 182 valence electrons. The first kappa shape index (κ1) is 26.5. The largest absolute Gasteiger partial charge is 0.491 e. The molecule has 0 saturated heterocycles. The summed E-state index contributed by atoms with van der Waals surface area (Å²) < 4.78 is 42.8. The first-order valence-corrected chi connectivity index (χ1v) is 10.5. The molecule has 0 bridgehead atoms. The minimum Gasteiger partial charge on any atom is -0.491 e. The van der Waals surface area contributed by atoms with E-state index in [0.717, 1.165) is 12.1 Å². The molecule has 1 amide bonds. The minimum atomic E-state index is -0.937. The van der Waals surface area contributed by atoms with Gasteiger partial charge in [0, 0.05) is 18.1 Å². The van der Waals surface area contributed by atoms with Gasteiger partial charge < -0.3 is 19.3 Å². The number of hydrogen-bond acceptors (Lipinski definition) is 6. The van der Waals surface area contributed by atoms with Crippen LogP contribution in [0.4, 0.5) is 19.3 Å². The Morgan fingerprint density at radius 1 is 1.18 bits per heavy atom. The fraction of sp³-hybridized carbons (Fsp3) is 0.280. The maximum absolute atomic E-state index is 13.9. The molecule has 0 spiro atoms. The molecule has 0 aliphatic heterocycles. The lowest BCUT2D eigenvalue weighted by Gasteiger charge is -2.24. The number of anilines is 1. The van der Waals surface area contributed by atoms with Crippen molar-refractivity contribution in [1.29, 1.82) is 0 Å². The topological polar surface area (TPSA) is 94.1 Å². The molecule has 0 aliphatic rings. The van der Waals surface area contributed by atoms with Gasteiger partial charge in [0.25, 0.3) is 0 Å². The summed E-state index contributed by atoms with van der Waals surface area (Å²) >= 11 is 0. The second kappa shape index (κ2) is 13.7. The Bertz CT molecular complexity index is 993. The quantitative estimate of drug-likeness (QED) is 0.257. The number of nitrogens with one attached hydrogen (secondary N) is 1. The van der Waals surface area contributed by atoms with E-state index in [4.69, 9.17) is 19.3 Å². The number of carbonyl (C=O) groups excluding carboxylic acids is 2. The van der Waals surface area contributed by atoms with Crippen molar-refractivity contribution in [2.45, 2.75) is 19.4 Å². The van der Waals surface area contributed by atoms with Crippen LogP contribution < -0.4 is 10.1 Å². The molecule has 34 heavy (non-hydrogen) atoms. The van der Waals surface area contributed by atoms with Crippen molar-refractivity contribution < 1.29 is 37.7 Å². The summed E-state index contributed by atoms with van der Waals surface area (Å²) in [5.41, 5.74) is 0.400. The molecule has 0 heterocycles. The van der Waals surface area contributed by atoms with E-state index in [0.29, 0.717) is 23.8 Å². The summed E-state index contributed by atoms with van der Waals surface area (Å²) in [5, 5.41) is 11.2. The molecule has 7 nitrogen and oxygen atoms in total. The van der Waals surface area contributed by atoms with Gasteiger partial charge in [0.05, 0.1) is 12.3 Å². The number of hydrogen-bond donors (Lipinski definition) is 2. The van der Waals surface area contributed by atoms with Crippen molar-refractivity contribution >= 4 is 17.7 Å². The predicted octanol–water partition coefficient (Wildman–Crippen LogP) is 4.94. The minimum absolute atomic E-state index is 0.0925. The van der Waals surface area contributed by atoms with Crippen LogP contribution in [0, 0.1) is 17.6 Å². The van der Waals surface area contributed by atoms with E-state index in [2.05, 4.69) is 11.9 Å². The molecule has 2 aromatic rings. The Kier molecular flexibility index (Phi) is 10.7. The van der Waals surface area contributed by atoms with E-state index in [1.807, 2.05) is 6.92 Å². The van der Waals surface area contributed by atoms with Crippen LogP contribution in [0.2, 0.25) is 0 Å². The molecule has 2 aromatic carbocycles. The molecule has 2 N–H and O–H groups in total. The second-order valence-corrected chi connectivity index (χ2v) is 7.25. The molecule has 0 radical (unpaired) electrons. The third-order valence-electron chi connectivity index (χ3n) is 4.59. The summed E-state index contributed by atoms with van der Waals surface area (Å²) in [4.78, 5) is 24.1. The summed E-state index contributed by atoms with van der Waals surface area (Å²) in [7, 11) is 0. The molecule has 2 rings (SSSR count). The van der Waals surface area contributed by atoms with Gasteiger partial charge in [0.15, 0.2) is 0 Å². The van der Waals surface area contributed by atoms with Gasteiger partial charge in [0.2, 0.25) is 0 Å². The molecule has 9 heteroatoms. The molecule has 0 fully saturated rings. The number of allylic oxidation sites excluding steroid dienone is 1. The molecular weight excluding hydrogens is 448 g/mol. The zero-order valence-electron chi connectivity index (χ0n) is 18.7. The number of aliphatic hydroxyl groups excluding tert-OH is 1. The van der Waals surface area contributed by atoms with Crippen molar-refractivity contribution in [1.82, 2.24) is 0 Å². The van der Waals surface area contributed by atoms with Gasteiger partial charge >= 0.3 is 12.1 Å². The van der Waals surface area contributed by atoms with Gasteiger partial charge in [-0.2, -0.15) is 0 Å². The van der Waals surface area contributed by atoms with Gasteiger partial charge in [-0.05, 0) is 36.2 Å². The smallest absolute Gasteiger partial charge is 0.412 e. The zero-order valence-corrected chi connectivity index (χ0v) is 18.7. The normalized spacial score (nSPS) is 12.6. The van der Waals surface area contributed by atoms with E-state index in [9.17, 15) is 18.4 Å². The summed E-state index contributed by atoms with van der Waals surface area (Å²) in [6.07, 6.45) is 2.98. The van der Waals surface area contributed by atoms with Crippen LogP contribution in [-0.4, -0.2) is 37.0 Å². The average Bonchev–Trinajstić information content (AvgIpc) is 2.82. The van der Waals surface area contributed by atoms with E-state index in [1.54, 1.807) is 30.3 Å². The number of amides is 1. The van der Waals surface area contributed by atoms with Crippen LogP contribution in [0.3, 0.4) is 0 Å². The Morgan fingerprint density at radius 2 is 1.91 bits per heavy atom. The maximum Gasteiger partial charge on any atom is 0.412 e. The molecule has 0 unspecified atom stereocenters. The molecule has 0 aromatic heterocycles. The van der Waals surface area contributed by atoms with Crippen LogP contribution in [0.25, 0.3) is 0 Å². The fourth-order valence-electron chi connectivity index (χ4n) is 2.97. The number of rotatable bonds is 12. The lowest BCUT2D eigenvalue weighted by atomic mass is 9.94. The third kappa shape index (κ3) is 8.67. The SMILES string of the molecule is C=CCOC(=O)/C=C/C[C@@H](C)[C@@H](OC(=O)Nc1ccc(F)cc1F)c1ccc(OCCO)cc1. The highest BCUT2D eigenvalue weighted by Crippen LogP contribution is 2.31. The maximum atomic E-state index is 13.9. The Balaban J connectivity index is 2.15. The number of esters is 1. The molecule has 2 atom stereocenters. The number of ether oxygens (including phenoxy) is 3. The predicted molar refractivity (Wildman–Crippen MR) is 122 cm³/mol. The van der Waals surface area contributed by atoms with Crippen LogP contribution in [0.1, 0.15) is 25.0 Å². The monoisotopic (exact) mass is 475 g/mol. The average molecular weight is 475 g/mol. The number of aliphatic hydroxyl groups is 1. The van der Waals surface area contributed by atoms with Crippen LogP contribution in [-0.2, 0) is 14.3 Å². The number of benzene rings is 2. The lowest BCUT2D eigenvalue weighted by molar-refractivity contribution is -0.136. The summed E-state index contributed by atoms with van der Waals surface area (Å²) in [6, 6.07) is 9.47. The Morgan fingerprint density at radius 3 is 2.56 bits per heavy atom. The first-order chi connectivity index (χ1) is 16.3. The molecule has 0 aliphatic carbocycles. The number of carbonyl (C=O) groups is 2. The van der Waals surface area contributed by atoms with E-state index in [1.165, 1.54) is 12.2 Å². The van der Waals surface area contributed by atoms with Crippen molar-refractivity contribution in [2.24, 2.45) is 5.92 Å². The van der Waals surface area contributed by atoms with Crippen LogP contribution >= 0.6 is 0 Å². The van der Waals surface area contributed by atoms with E-state index >= 15 is 0 Å². The Hall–Kier alpha value is -3.72. The zero-order chi connectivity index (χ0) is 24.9. The molecular formula is C25H27F2NO6. The van der Waals surface area contributed by atoms with Gasteiger partial charge in [-0.15, -0.1) is 0 Å². The molecule has 0 saturated carbocycles. The fourth-order valence-corrected chi connectivity index (χ4v) is 2.97. The third-order valence-corrected chi connectivity index (χ3v) is 4.59. The Labute approximate surface area is 196 Å². The summed E-state index contributed by atoms with van der Waals surface area (Å²) in [5.74, 6) is -2.01. The van der Waals surface area contributed by atoms with Crippen LogP contribution in [0.5, 0.6) is 5.75 Å². The summed E-state index contributed by atoms with van der Waals surface area (Å²) in [6.45, 7) is 5.37. The van der Waals surface area contributed by atoms with Crippen LogP contribution in [0.15, 0.2) is 67.3 Å². The van der Waals surface area contributed by atoms with Crippen molar-refractivity contribution in [3.8, 4) is 5.75 Å².